The van der Waals surface area contributed by atoms with Crippen LogP contribution >= 0.6 is 11.3 Å². The van der Waals surface area contributed by atoms with E-state index in [1.54, 1.807) is 0 Å². The Bertz CT molecular complexity index is 748. The molecule has 0 unspecified atom stereocenters. The van der Waals surface area contributed by atoms with Crippen molar-refractivity contribution in [1.82, 2.24) is 15.6 Å². The summed E-state index contributed by atoms with van der Waals surface area (Å²) < 4.78 is 5.69. The van der Waals surface area contributed by atoms with Gasteiger partial charge in [-0.05, 0) is 39.8 Å². The number of ether oxygens (including phenoxy) is 1. The van der Waals surface area contributed by atoms with Gasteiger partial charge < -0.3 is 15.4 Å². The summed E-state index contributed by atoms with van der Waals surface area (Å²) in [7, 11) is 0. The smallest absolute Gasteiger partial charge is 0.239 e. The van der Waals surface area contributed by atoms with Gasteiger partial charge in [-0.15, -0.1) is 11.3 Å². The Labute approximate surface area is 158 Å². The molecule has 140 valence electrons. The number of carbonyl (C=O) groups excluding carboxylic acids is 2. The fourth-order valence-electron chi connectivity index (χ4n) is 2.14. The Morgan fingerprint density at radius 3 is 2.50 bits per heavy atom. The van der Waals surface area contributed by atoms with Crippen LogP contribution in [-0.2, 0) is 22.6 Å². The Morgan fingerprint density at radius 2 is 1.85 bits per heavy atom. The molecule has 0 saturated carbocycles. The van der Waals surface area contributed by atoms with Crippen molar-refractivity contribution in [1.29, 1.82) is 0 Å². The maximum atomic E-state index is 11.9. The number of carbonyl (C=O) groups is 2. The van der Waals surface area contributed by atoms with Crippen molar-refractivity contribution < 1.29 is 14.3 Å². The number of nitrogens with zero attached hydrogens (tertiary/aromatic N) is 1. The normalized spacial score (nSPS) is 11.1. The largest absolute Gasteiger partial charge is 0.486 e. The van der Waals surface area contributed by atoms with Crippen LogP contribution in [0, 0.1) is 6.92 Å². The molecule has 7 heteroatoms. The van der Waals surface area contributed by atoms with Crippen molar-refractivity contribution in [3.63, 3.8) is 0 Å². The van der Waals surface area contributed by atoms with E-state index in [-0.39, 0.29) is 30.3 Å². The zero-order chi connectivity index (χ0) is 19.2. The molecule has 0 aliphatic heterocycles. The van der Waals surface area contributed by atoms with Crippen molar-refractivity contribution in [2.24, 2.45) is 0 Å². The van der Waals surface area contributed by atoms with E-state index in [9.17, 15) is 9.59 Å². The van der Waals surface area contributed by atoms with Crippen molar-refractivity contribution in [2.75, 3.05) is 6.54 Å². The van der Waals surface area contributed by atoms with Gasteiger partial charge in [0.25, 0.3) is 0 Å². The minimum Gasteiger partial charge on any atom is -0.486 e. The molecule has 1 aromatic heterocycles. The van der Waals surface area contributed by atoms with Crippen LogP contribution in [0.15, 0.2) is 29.6 Å². The average Bonchev–Trinajstić information content (AvgIpc) is 2.98. The van der Waals surface area contributed by atoms with Gasteiger partial charge in [0.15, 0.2) is 0 Å². The number of hydrogen-bond donors (Lipinski definition) is 2. The fraction of sp³-hybridized carbons (Fsp3) is 0.421. The molecule has 0 spiro atoms. The summed E-state index contributed by atoms with van der Waals surface area (Å²) in [6, 6.07) is 7.81. The molecule has 2 rings (SSSR count). The summed E-state index contributed by atoms with van der Waals surface area (Å²) in [6.45, 7) is 8.02. The number of rotatable bonds is 7. The number of amides is 2. The van der Waals surface area contributed by atoms with E-state index >= 15 is 0 Å². The quantitative estimate of drug-likeness (QED) is 0.780. The lowest BCUT2D eigenvalue weighted by atomic mass is 10.1. The van der Waals surface area contributed by atoms with E-state index in [2.05, 4.69) is 15.6 Å². The highest BCUT2D eigenvalue weighted by Crippen LogP contribution is 2.16. The van der Waals surface area contributed by atoms with Gasteiger partial charge in [0.05, 0.1) is 18.7 Å². The predicted molar refractivity (Wildman–Crippen MR) is 102 cm³/mol. The monoisotopic (exact) mass is 375 g/mol. The van der Waals surface area contributed by atoms with E-state index in [1.165, 1.54) is 16.9 Å². The second-order valence-corrected chi connectivity index (χ2v) is 8.03. The Kier molecular flexibility index (Phi) is 6.74. The SMILES string of the molecule is Cc1ccc(OCc2nc(CC(=O)NCC(=O)NC(C)(C)C)cs2)cc1. The number of nitrogens with one attached hydrogen (secondary N) is 2. The van der Waals surface area contributed by atoms with E-state index < -0.39 is 0 Å². The zero-order valence-corrected chi connectivity index (χ0v) is 16.4. The number of aryl methyl sites for hydroxylation is 1. The standard InChI is InChI=1S/C19H25N3O3S/c1-13-5-7-15(8-6-13)25-11-18-21-14(12-26-18)9-16(23)20-10-17(24)22-19(2,3)4/h5-8,12H,9-11H2,1-4H3,(H,20,23)(H,22,24). The number of aromatic nitrogens is 1. The average molecular weight is 375 g/mol. The summed E-state index contributed by atoms with van der Waals surface area (Å²) in [6.07, 6.45) is 0.143. The molecule has 0 atom stereocenters. The third-order valence-electron chi connectivity index (χ3n) is 3.28. The predicted octanol–water partition coefficient (Wildman–Crippen LogP) is 2.60. The zero-order valence-electron chi connectivity index (χ0n) is 15.6. The Morgan fingerprint density at radius 1 is 1.15 bits per heavy atom. The van der Waals surface area contributed by atoms with Gasteiger partial charge in [-0.1, -0.05) is 17.7 Å². The van der Waals surface area contributed by atoms with Gasteiger partial charge >= 0.3 is 0 Å². The van der Waals surface area contributed by atoms with Gasteiger partial charge in [0.1, 0.15) is 17.4 Å². The van der Waals surface area contributed by atoms with E-state index in [0.29, 0.717) is 12.3 Å². The fourth-order valence-corrected chi connectivity index (χ4v) is 2.85. The lowest BCUT2D eigenvalue weighted by Crippen LogP contribution is -2.46. The first-order valence-electron chi connectivity index (χ1n) is 8.42. The Hall–Kier alpha value is -2.41. The van der Waals surface area contributed by atoms with Crippen LogP contribution in [0.3, 0.4) is 0 Å². The number of hydrogen-bond acceptors (Lipinski definition) is 5. The molecule has 0 radical (unpaired) electrons. The lowest BCUT2D eigenvalue weighted by molar-refractivity contribution is -0.126. The van der Waals surface area contributed by atoms with Crippen LogP contribution in [0.5, 0.6) is 5.75 Å². The van der Waals surface area contributed by atoms with Crippen LogP contribution in [0.2, 0.25) is 0 Å². The first-order valence-corrected chi connectivity index (χ1v) is 9.30. The molecule has 1 aromatic carbocycles. The van der Waals surface area contributed by atoms with Crippen LogP contribution in [0.25, 0.3) is 0 Å². The molecule has 6 nitrogen and oxygen atoms in total. The van der Waals surface area contributed by atoms with Crippen LogP contribution in [-0.4, -0.2) is 28.9 Å². The van der Waals surface area contributed by atoms with Crippen LogP contribution in [0.4, 0.5) is 0 Å². The minimum absolute atomic E-state index is 0.0381. The van der Waals surface area contributed by atoms with Crippen molar-refractivity contribution >= 4 is 23.2 Å². The van der Waals surface area contributed by atoms with Crippen LogP contribution < -0.4 is 15.4 Å². The minimum atomic E-state index is -0.316. The topological polar surface area (TPSA) is 80.3 Å². The van der Waals surface area contributed by atoms with E-state index in [0.717, 1.165) is 10.8 Å². The molecule has 26 heavy (non-hydrogen) atoms. The molecule has 2 aromatic rings. The third kappa shape index (κ3) is 7.23. The van der Waals surface area contributed by atoms with Gasteiger partial charge in [-0.2, -0.15) is 0 Å². The van der Waals surface area contributed by atoms with Gasteiger partial charge in [0, 0.05) is 10.9 Å². The number of thiazole rings is 1. The summed E-state index contributed by atoms with van der Waals surface area (Å²) in [5.74, 6) is 0.344. The summed E-state index contributed by atoms with van der Waals surface area (Å²) >= 11 is 1.45. The molecule has 2 N–H and O–H groups in total. The summed E-state index contributed by atoms with van der Waals surface area (Å²) in [4.78, 5) is 28.1. The summed E-state index contributed by atoms with van der Waals surface area (Å²) in [5.41, 5.74) is 1.53. The van der Waals surface area contributed by atoms with Gasteiger partial charge in [-0.3, -0.25) is 9.59 Å². The molecular formula is C19H25N3O3S. The highest BCUT2D eigenvalue weighted by molar-refractivity contribution is 7.09. The van der Waals surface area contributed by atoms with E-state index in [1.807, 2.05) is 57.3 Å². The lowest BCUT2D eigenvalue weighted by Gasteiger charge is -2.20. The molecule has 0 aliphatic carbocycles. The van der Waals surface area contributed by atoms with Crippen molar-refractivity contribution in [2.45, 2.75) is 46.3 Å². The molecule has 2 amide bonds. The van der Waals surface area contributed by atoms with E-state index in [4.69, 9.17) is 4.74 Å². The molecule has 0 fully saturated rings. The first kappa shape index (κ1) is 19.9. The second kappa shape index (κ2) is 8.80. The van der Waals surface area contributed by atoms with Crippen molar-refractivity contribution in [3.05, 3.63) is 45.9 Å². The second-order valence-electron chi connectivity index (χ2n) is 7.09. The highest BCUT2D eigenvalue weighted by atomic mass is 32.1. The molecule has 1 heterocycles. The van der Waals surface area contributed by atoms with Gasteiger partial charge in [-0.25, -0.2) is 4.98 Å². The van der Waals surface area contributed by atoms with Gasteiger partial charge in [0.2, 0.25) is 11.8 Å². The summed E-state index contributed by atoms with van der Waals surface area (Å²) in [5, 5.41) is 8.04. The maximum Gasteiger partial charge on any atom is 0.239 e. The molecule has 0 saturated heterocycles. The molecule has 0 aliphatic rings. The van der Waals surface area contributed by atoms with Crippen LogP contribution in [0.1, 0.15) is 37.0 Å². The first-order chi connectivity index (χ1) is 12.2. The Balaban J connectivity index is 1.75. The number of benzene rings is 1. The maximum absolute atomic E-state index is 11.9. The highest BCUT2D eigenvalue weighted by Gasteiger charge is 2.15. The molecule has 0 bridgehead atoms. The molecular weight excluding hydrogens is 350 g/mol. The van der Waals surface area contributed by atoms with Crippen molar-refractivity contribution in [3.8, 4) is 5.75 Å². The third-order valence-corrected chi connectivity index (χ3v) is 4.16.